The first-order chi connectivity index (χ1) is 14.9. The van der Waals surface area contributed by atoms with Crippen LogP contribution in [0.15, 0.2) is 74.9 Å². The number of nitrogens with zero attached hydrogens (tertiary/aromatic N) is 4. The fourth-order valence-corrected chi connectivity index (χ4v) is 4.10. The summed E-state index contributed by atoms with van der Waals surface area (Å²) in [5.41, 5.74) is 0.464. The quantitative estimate of drug-likeness (QED) is 0.122. The molecular formula is C18H12N4O7S2. The normalized spacial score (nSPS) is 12.2. The molecule has 0 aliphatic carbocycles. The number of azo groups is 1. The molecule has 31 heavy (non-hydrogen) atoms. The Morgan fingerprint density at radius 3 is 2.32 bits per heavy atom. The van der Waals surface area contributed by atoms with Crippen LogP contribution < -0.4 is 0 Å². The summed E-state index contributed by atoms with van der Waals surface area (Å²) in [5, 5.41) is 31.2. The second-order valence-electron chi connectivity index (χ2n) is 6.03. The smallest absolute Gasteiger partial charge is 0.295 e. The van der Waals surface area contributed by atoms with E-state index in [9.17, 15) is 18.1 Å². The number of benzene rings is 2. The van der Waals surface area contributed by atoms with Crippen molar-refractivity contribution in [3.63, 3.8) is 0 Å². The summed E-state index contributed by atoms with van der Waals surface area (Å²) in [7, 11) is -4.61. The summed E-state index contributed by atoms with van der Waals surface area (Å²) in [6.07, 6.45) is 2.90. The van der Waals surface area contributed by atoms with Crippen LogP contribution in [0.3, 0.4) is 0 Å². The molecule has 13 heteroatoms. The number of phenols is 1. The van der Waals surface area contributed by atoms with Crippen molar-refractivity contribution < 1.29 is 32.7 Å². The fraction of sp³-hybridized carbons (Fsp3) is 0. The predicted octanol–water partition coefficient (Wildman–Crippen LogP) is 4.58. The monoisotopic (exact) mass is 460 g/mol. The summed E-state index contributed by atoms with van der Waals surface area (Å²) in [4.78, 5) is 8.34. The minimum atomic E-state index is -4.61. The highest BCUT2D eigenvalue weighted by Crippen LogP contribution is 2.39. The predicted molar refractivity (Wildman–Crippen MR) is 110 cm³/mol. The van der Waals surface area contributed by atoms with Crippen LogP contribution in [-0.2, 0) is 19.5 Å². The zero-order valence-electron chi connectivity index (χ0n) is 15.3. The van der Waals surface area contributed by atoms with Crippen LogP contribution in [0, 0.1) is 0 Å². The maximum Gasteiger partial charge on any atom is 0.295 e. The van der Waals surface area contributed by atoms with Crippen molar-refractivity contribution in [2.24, 2.45) is 10.2 Å². The van der Waals surface area contributed by atoms with Gasteiger partial charge in [0.25, 0.3) is 10.1 Å². The Hall–Kier alpha value is -3.20. The van der Waals surface area contributed by atoms with Gasteiger partial charge in [-0.3, -0.25) is 14.5 Å². The van der Waals surface area contributed by atoms with E-state index in [0.717, 1.165) is 18.1 Å². The van der Waals surface area contributed by atoms with Gasteiger partial charge in [0.05, 0.1) is 17.6 Å². The SMILES string of the molecule is O=S(=O)(O)c1cc(/N=N/c2ccc(SOOO)c3cccnc23)c(O)c2ncccc12. The Morgan fingerprint density at radius 2 is 1.61 bits per heavy atom. The molecule has 0 saturated heterocycles. The van der Waals surface area contributed by atoms with Crippen LogP contribution in [0.1, 0.15) is 0 Å². The van der Waals surface area contributed by atoms with Crippen LogP contribution >= 0.6 is 12.0 Å². The maximum absolute atomic E-state index is 11.8. The van der Waals surface area contributed by atoms with Gasteiger partial charge in [0.2, 0.25) is 0 Å². The standard InChI is InChI=1S/C18H12N4O7S2/c23-18-13(9-15(31(25,26)27)11-4-2-8-20-17(11)18)22-21-12-5-6-14(30-29-28-24)10-3-1-7-19-16(10)12/h1-9,23-24H,(H,25,26,27)/b22-21+. The first kappa shape index (κ1) is 21.0. The van der Waals surface area contributed by atoms with Crippen LogP contribution in [0.5, 0.6) is 5.75 Å². The highest BCUT2D eigenvalue weighted by atomic mass is 32.2. The van der Waals surface area contributed by atoms with Gasteiger partial charge in [-0.05, 0) is 42.5 Å². The number of hydrogen-bond donors (Lipinski definition) is 3. The zero-order valence-corrected chi connectivity index (χ0v) is 16.9. The number of aromatic hydroxyl groups is 1. The summed E-state index contributed by atoms with van der Waals surface area (Å²) in [6, 6.07) is 10.5. The average Bonchev–Trinajstić information content (AvgIpc) is 2.77. The Morgan fingerprint density at radius 1 is 0.935 bits per heavy atom. The molecule has 0 spiro atoms. The molecule has 4 aromatic rings. The van der Waals surface area contributed by atoms with E-state index in [-0.39, 0.29) is 16.6 Å². The van der Waals surface area contributed by atoms with Crippen LogP contribution in [-0.4, -0.2) is 33.3 Å². The molecule has 0 bridgehead atoms. The van der Waals surface area contributed by atoms with E-state index in [1.807, 2.05) is 0 Å². The lowest BCUT2D eigenvalue weighted by Crippen LogP contribution is -1.99. The molecule has 2 heterocycles. The summed E-state index contributed by atoms with van der Waals surface area (Å²) >= 11 is 0.754. The van der Waals surface area contributed by atoms with Crippen LogP contribution in [0.4, 0.5) is 11.4 Å². The van der Waals surface area contributed by atoms with Crippen molar-refractivity contribution in [2.75, 3.05) is 0 Å². The molecular weight excluding hydrogens is 448 g/mol. The largest absolute Gasteiger partial charge is 0.504 e. The Balaban J connectivity index is 1.84. The minimum Gasteiger partial charge on any atom is -0.504 e. The van der Waals surface area contributed by atoms with E-state index in [4.69, 9.17) is 5.26 Å². The molecule has 0 aliphatic rings. The summed E-state index contributed by atoms with van der Waals surface area (Å²) < 4.78 is 37.6. The van der Waals surface area contributed by atoms with E-state index in [1.165, 1.54) is 24.5 Å². The number of fused-ring (bicyclic) bond motifs is 2. The number of aromatic nitrogens is 2. The van der Waals surface area contributed by atoms with Gasteiger partial charge < -0.3 is 5.11 Å². The van der Waals surface area contributed by atoms with Gasteiger partial charge in [0.15, 0.2) is 5.75 Å². The Bertz CT molecular complexity index is 1430. The van der Waals surface area contributed by atoms with E-state index in [2.05, 4.69) is 29.6 Å². The third-order valence-electron chi connectivity index (χ3n) is 4.21. The van der Waals surface area contributed by atoms with Crippen molar-refractivity contribution in [1.29, 1.82) is 0 Å². The average molecular weight is 460 g/mol. The highest BCUT2D eigenvalue weighted by Gasteiger charge is 2.20. The van der Waals surface area contributed by atoms with Crippen molar-refractivity contribution in [2.45, 2.75) is 9.79 Å². The number of hydrogen-bond acceptors (Lipinski definition) is 11. The lowest BCUT2D eigenvalue weighted by atomic mass is 10.2. The van der Waals surface area contributed by atoms with Gasteiger partial charge in [0.1, 0.15) is 21.8 Å². The van der Waals surface area contributed by atoms with Gasteiger partial charge in [-0.25, -0.2) is 5.26 Å². The molecule has 0 saturated carbocycles. The third-order valence-corrected chi connectivity index (χ3v) is 5.77. The first-order valence-corrected chi connectivity index (χ1v) is 10.6. The van der Waals surface area contributed by atoms with Crippen LogP contribution in [0.2, 0.25) is 0 Å². The van der Waals surface area contributed by atoms with Gasteiger partial charge in [-0.1, -0.05) is 5.04 Å². The van der Waals surface area contributed by atoms with Crippen molar-refractivity contribution >= 4 is 55.3 Å². The lowest BCUT2D eigenvalue weighted by molar-refractivity contribution is -0.432. The molecule has 11 nitrogen and oxygen atoms in total. The van der Waals surface area contributed by atoms with Crippen molar-refractivity contribution in [3.8, 4) is 5.75 Å². The molecule has 0 unspecified atom stereocenters. The fourth-order valence-electron chi connectivity index (χ4n) is 2.92. The molecule has 0 aliphatic heterocycles. The molecule has 3 N–H and O–H groups in total. The van der Waals surface area contributed by atoms with E-state index >= 15 is 0 Å². The van der Waals surface area contributed by atoms with E-state index < -0.39 is 20.8 Å². The molecule has 2 aromatic carbocycles. The molecule has 0 radical (unpaired) electrons. The molecule has 0 amide bonds. The molecule has 4 rings (SSSR count). The minimum absolute atomic E-state index is 0.0426. The van der Waals surface area contributed by atoms with Crippen molar-refractivity contribution in [1.82, 2.24) is 9.97 Å². The molecule has 2 aromatic heterocycles. The highest BCUT2D eigenvalue weighted by molar-refractivity contribution is 7.94. The van der Waals surface area contributed by atoms with Gasteiger partial charge >= 0.3 is 0 Å². The number of phenolic OH excluding ortho intramolecular Hbond substituents is 1. The van der Waals surface area contributed by atoms with Crippen LogP contribution in [0.25, 0.3) is 21.8 Å². The molecule has 0 atom stereocenters. The maximum atomic E-state index is 11.8. The molecule has 0 fully saturated rings. The van der Waals surface area contributed by atoms with E-state index in [1.54, 1.807) is 24.3 Å². The van der Waals surface area contributed by atoms with E-state index in [0.29, 0.717) is 21.5 Å². The number of rotatable bonds is 6. The Kier molecular flexibility index (Phi) is 5.77. The second kappa shape index (κ2) is 8.50. The summed E-state index contributed by atoms with van der Waals surface area (Å²) in [6.45, 7) is 0. The first-order valence-electron chi connectivity index (χ1n) is 8.42. The molecule has 158 valence electrons. The van der Waals surface area contributed by atoms with Gasteiger partial charge in [-0.15, -0.1) is 14.6 Å². The third kappa shape index (κ3) is 4.18. The number of pyridine rings is 2. The lowest BCUT2D eigenvalue weighted by Gasteiger charge is -2.08. The van der Waals surface area contributed by atoms with Gasteiger partial charge in [-0.2, -0.15) is 8.42 Å². The topological polar surface area (TPSA) is 164 Å². The summed E-state index contributed by atoms with van der Waals surface area (Å²) in [5.74, 6) is -0.398. The van der Waals surface area contributed by atoms with Gasteiger partial charge in [0, 0.05) is 28.1 Å². The van der Waals surface area contributed by atoms with Crippen molar-refractivity contribution in [3.05, 3.63) is 54.9 Å². The second-order valence-corrected chi connectivity index (χ2v) is 8.16. The zero-order chi connectivity index (χ0) is 22.0. The Labute approximate surface area is 178 Å².